The summed E-state index contributed by atoms with van der Waals surface area (Å²) in [6.07, 6.45) is 0. The van der Waals surface area contributed by atoms with Crippen molar-refractivity contribution in [2.45, 2.75) is 6.92 Å². The van der Waals surface area contributed by atoms with Crippen LogP contribution in [0, 0.1) is 5.82 Å². The summed E-state index contributed by atoms with van der Waals surface area (Å²) in [5, 5.41) is 0.738. The van der Waals surface area contributed by atoms with E-state index in [4.69, 9.17) is 0 Å². The zero-order valence-electron chi connectivity index (χ0n) is 9.52. The van der Waals surface area contributed by atoms with Crippen molar-refractivity contribution in [2.75, 3.05) is 18.8 Å². The number of amides is 1. The van der Waals surface area contributed by atoms with Gasteiger partial charge in [-0.25, -0.2) is 4.39 Å². The van der Waals surface area contributed by atoms with E-state index < -0.39 is 5.82 Å². The molecule has 2 rings (SSSR count). The normalized spacial score (nSPS) is 14.9. The van der Waals surface area contributed by atoms with Crippen LogP contribution in [0.4, 0.5) is 4.39 Å². The topological polar surface area (TPSA) is 32.7 Å². The standard InChI is InChI=1S/C12H13FN2OS/c1-2-17-12-14-6-7-15(12)11(16)9-4-3-5-10(13)8-9/h3-5,8H,2,6-7H2,1H3. The van der Waals surface area contributed by atoms with Crippen molar-refractivity contribution in [2.24, 2.45) is 4.99 Å². The number of hydrogen-bond acceptors (Lipinski definition) is 3. The van der Waals surface area contributed by atoms with Gasteiger partial charge in [0.1, 0.15) is 5.82 Å². The maximum atomic E-state index is 13.1. The minimum Gasteiger partial charge on any atom is -0.286 e. The summed E-state index contributed by atoms with van der Waals surface area (Å²) in [5.74, 6) is 0.296. The molecule has 1 aromatic carbocycles. The van der Waals surface area contributed by atoms with Crippen LogP contribution in [0.15, 0.2) is 29.3 Å². The molecular formula is C12H13FN2OS. The van der Waals surface area contributed by atoms with Gasteiger partial charge in [-0.2, -0.15) is 0 Å². The molecule has 0 saturated carbocycles. The van der Waals surface area contributed by atoms with Crippen LogP contribution in [-0.2, 0) is 0 Å². The Hall–Kier alpha value is -1.36. The van der Waals surface area contributed by atoms with Crippen LogP contribution in [-0.4, -0.2) is 34.8 Å². The highest BCUT2D eigenvalue weighted by Gasteiger charge is 2.24. The Morgan fingerprint density at radius 3 is 3.12 bits per heavy atom. The Balaban J connectivity index is 2.18. The van der Waals surface area contributed by atoms with Crippen LogP contribution in [0.2, 0.25) is 0 Å². The molecule has 1 heterocycles. The van der Waals surface area contributed by atoms with Gasteiger partial charge in [-0.05, 0) is 24.0 Å². The van der Waals surface area contributed by atoms with E-state index in [1.165, 1.54) is 23.9 Å². The number of carbonyl (C=O) groups is 1. The number of carbonyl (C=O) groups excluding carboxylic acids is 1. The number of aliphatic imine (C=N–C) groups is 1. The zero-order chi connectivity index (χ0) is 12.3. The molecule has 1 amide bonds. The van der Waals surface area contributed by atoms with E-state index >= 15 is 0 Å². The lowest BCUT2D eigenvalue weighted by atomic mass is 10.2. The molecule has 0 N–H and O–H groups in total. The van der Waals surface area contributed by atoms with Crippen LogP contribution in [0.25, 0.3) is 0 Å². The first-order chi connectivity index (χ1) is 8.22. The Bertz CT molecular complexity index is 462. The van der Waals surface area contributed by atoms with Crippen molar-refractivity contribution < 1.29 is 9.18 Å². The van der Waals surface area contributed by atoms with E-state index in [9.17, 15) is 9.18 Å². The molecule has 0 spiro atoms. The van der Waals surface area contributed by atoms with Crippen molar-refractivity contribution in [3.05, 3.63) is 35.6 Å². The minimum atomic E-state index is -0.392. The highest BCUT2D eigenvalue weighted by atomic mass is 32.2. The van der Waals surface area contributed by atoms with Gasteiger partial charge in [0, 0.05) is 12.1 Å². The predicted octanol–water partition coefficient (Wildman–Crippen LogP) is 2.39. The summed E-state index contributed by atoms with van der Waals surface area (Å²) in [6.45, 7) is 3.22. The number of hydrogen-bond donors (Lipinski definition) is 0. The Labute approximate surface area is 104 Å². The van der Waals surface area contributed by atoms with Gasteiger partial charge in [-0.3, -0.25) is 14.7 Å². The first-order valence-electron chi connectivity index (χ1n) is 5.47. The summed E-state index contributed by atoms with van der Waals surface area (Å²) >= 11 is 1.54. The maximum absolute atomic E-state index is 13.1. The quantitative estimate of drug-likeness (QED) is 0.809. The number of halogens is 1. The molecule has 0 radical (unpaired) electrons. The van der Waals surface area contributed by atoms with Gasteiger partial charge in [-0.1, -0.05) is 24.8 Å². The summed E-state index contributed by atoms with van der Waals surface area (Å²) in [4.78, 5) is 18.0. The van der Waals surface area contributed by atoms with Crippen LogP contribution in [0.1, 0.15) is 17.3 Å². The molecule has 1 aliphatic rings. The van der Waals surface area contributed by atoms with Gasteiger partial charge in [0.2, 0.25) is 0 Å². The highest BCUT2D eigenvalue weighted by molar-refractivity contribution is 8.13. The van der Waals surface area contributed by atoms with Gasteiger partial charge < -0.3 is 0 Å². The van der Waals surface area contributed by atoms with E-state index in [0.29, 0.717) is 18.7 Å². The molecule has 17 heavy (non-hydrogen) atoms. The van der Waals surface area contributed by atoms with Crippen molar-refractivity contribution in [1.29, 1.82) is 0 Å². The fourth-order valence-electron chi connectivity index (χ4n) is 1.65. The summed E-state index contributed by atoms with van der Waals surface area (Å²) in [5.41, 5.74) is 0.372. The van der Waals surface area contributed by atoms with Crippen LogP contribution >= 0.6 is 11.8 Å². The maximum Gasteiger partial charge on any atom is 0.259 e. The number of amidine groups is 1. The largest absolute Gasteiger partial charge is 0.286 e. The predicted molar refractivity (Wildman–Crippen MR) is 67.9 cm³/mol. The highest BCUT2D eigenvalue weighted by Crippen LogP contribution is 2.17. The first kappa shape index (κ1) is 12.1. The molecular weight excluding hydrogens is 239 g/mol. The molecule has 0 aromatic heterocycles. The monoisotopic (exact) mass is 252 g/mol. The Kier molecular flexibility index (Phi) is 3.78. The Morgan fingerprint density at radius 2 is 2.41 bits per heavy atom. The molecule has 3 nitrogen and oxygen atoms in total. The van der Waals surface area contributed by atoms with Crippen LogP contribution < -0.4 is 0 Å². The molecule has 0 bridgehead atoms. The van der Waals surface area contributed by atoms with Gasteiger partial charge in [0.15, 0.2) is 5.17 Å². The third-order valence-electron chi connectivity index (χ3n) is 2.39. The van der Waals surface area contributed by atoms with Crippen molar-refractivity contribution in [1.82, 2.24) is 4.90 Å². The number of thioether (sulfide) groups is 1. The van der Waals surface area contributed by atoms with E-state index in [1.807, 2.05) is 6.92 Å². The fourth-order valence-corrected chi connectivity index (χ4v) is 2.42. The second kappa shape index (κ2) is 5.31. The molecule has 1 aromatic rings. The van der Waals surface area contributed by atoms with Crippen LogP contribution in [0.3, 0.4) is 0 Å². The zero-order valence-corrected chi connectivity index (χ0v) is 10.3. The smallest absolute Gasteiger partial charge is 0.259 e. The third kappa shape index (κ3) is 2.66. The SMILES string of the molecule is CCSC1=NCCN1C(=O)c1cccc(F)c1. The second-order valence-corrected chi connectivity index (χ2v) is 4.80. The Morgan fingerprint density at radius 1 is 1.59 bits per heavy atom. The summed E-state index contributed by atoms with van der Waals surface area (Å²) in [6, 6.07) is 5.76. The summed E-state index contributed by atoms with van der Waals surface area (Å²) < 4.78 is 13.1. The van der Waals surface area contributed by atoms with E-state index in [2.05, 4.69) is 4.99 Å². The second-order valence-electron chi connectivity index (χ2n) is 3.56. The molecule has 0 atom stereocenters. The number of benzene rings is 1. The number of nitrogens with zero attached hydrogens (tertiary/aromatic N) is 2. The molecule has 1 aliphatic heterocycles. The average molecular weight is 252 g/mol. The van der Waals surface area contributed by atoms with Gasteiger partial charge in [-0.15, -0.1) is 0 Å². The lowest BCUT2D eigenvalue weighted by Gasteiger charge is -2.17. The molecule has 90 valence electrons. The van der Waals surface area contributed by atoms with Gasteiger partial charge >= 0.3 is 0 Å². The van der Waals surface area contributed by atoms with E-state index in [1.54, 1.807) is 17.0 Å². The molecule has 5 heteroatoms. The van der Waals surface area contributed by atoms with E-state index in [0.717, 1.165) is 10.9 Å². The van der Waals surface area contributed by atoms with Gasteiger partial charge in [0.25, 0.3) is 5.91 Å². The lowest BCUT2D eigenvalue weighted by molar-refractivity contribution is 0.0860. The van der Waals surface area contributed by atoms with E-state index in [-0.39, 0.29) is 5.91 Å². The summed E-state index contributed by atoms with van der Waals surface area (Å²) in [7, 11) is 0. The first-order valence-corrected chi connectivity index (χ1v) is 6.45. The van der Waals surface area contributed by atoms with Crippen LogP contribution in [0.5, 0.6) is 0 Å². The molecule has 0 saturated heterocycles. The van der Waals surface area contributed by atoms with Crippen molar-refractivity contribution in [3.63, 3.8) is 0 Å². The molecule has 0 unspecified atom stereocenters. The van der Waals surface area contributed by atoms with Gasteiger partial charge in [0.05, 0.1) is 6.54 Å². The average Bonchev–Trinajstić information content (AvgIpc) is 2.77. The number of rotatable bonds is 2. The molecule has 0 aliphatic carbocycles. The van der Waals surface area contributed by atoms with Crippen molar-refractivity contribution in [3.8, 4) is 0 Å². The van der Waals surface area contributed by atoms with Crippen molar-refractivity contribution >= 4 is 22.8 Å². The fraction of sp³-hybridized carbons (Fsp3) is 0.333. The lowest BCUT2D eigenvalue weighted by Crippen LogP contribution is -2.32. The molecule has 0 fully saturated rings. The third-order valence-corrected chi connectivity index (χ3v) is 3.29. The minimum absolute atomic E-state index is 0.179.